The Morgan fingerprint density at radius 1 is 1.69 bits per heavy atom. The average molecular weight is 240 g/mol. The van der Waals surface area contributed by atoms with Gasteiger partial charge in [-0.25, -0.2) is 4.99 Å². The molecule has 1 unspecified atom stereocenters. The second-order valence-corrected chi connectivity index (χ2v) is 3.94. The lowest BCUT2D eigenvalue weighted by Crippen LogP contribution is -2.26. The maximum atomic E-state index is 9.11. The SMILES string of the molecule is CNc1cc(N)n(C)/c(=N/C(C)Cl)c1C#N. The number of nitrogen functional groups attached to an aromatic ring is 1. The highest BCUT2D eigenvalue weighted by molar-refractivity contribution is 6.20. The molecule has 1 atom stereocenters. The quantitative estimate of drug-likeness (QED) is 0.597. The zero-order valence-corrected chi connectivity index (χ0v) is 10.2. The van der Waals surface area contributed by atoms with Crippen LogP contribution in [0.25, 0.3) is 0 Å². The molecule has 0 saturated carbocycles. The van der Waals surface area contributed by atoms with E-state index in [1.165, 1.54) is 0 Å². The van der Waals surface area contributed by atoms with Gasteiger partial charge in [0.1, 0.15) is 23.0 Å². The standard InChI is InChI=1S/C10H14ClN5/c1-6(11)15-10-7(5-12)8(14-2)4-9(13)16(10)3/h4,6,14H,13H2,1-3H3/b15-10+. The summed E-state index contributed by atoms with van der Waals surface area (Å²) < 4.78 is 1.64. The molecule has 1 rings (SSSR count). The Kier molecular flexibility index (Phi) is 3.80. The van der Waals surface area contributed by atoms with Gasteiger partial charge in [0.2, 0.25) is 0 Å². The third-order valence-electron chi connectivity index (χ3n) is 2.17. The summed E-state index contributed by atoms with van der Waals surface area (Å²) in [5.41, 5.74) is 6.96. The van der Waals surface area contributed by atoms with E-state index < -0.39 is 5.50 Å². The van der Waals surface area contributed by atoms with Crippen molar-refractivity contribution in [3.8, 4) is 6.07 Å². The molecular weight excluding hydrogens is 226 g/mol. The molecule has 0 spiro atoms. The number of nitrogens with one attached hydrogen (secondary N) is 1. The van der Waals surface area contributed by atoms with Gasteiger partial charge in [-0.3, -0.25) is 0 Å². The van der Waals surface area contributed by atoms with E-state index in [1.807, 2.05) is 0 Å². The summed E-state index contributed by atoms with van der Waals surface area (Å²) >= 11 is 5.81. The fraction of sp³-hybridized carbons (Fsp3) is 0.400. The Morgan fingerprint density at radius 2 is 2.31 bits per heavy atom. The summed E-state index contributed by atoms with van der Waals surface area (Å²) in [6, 6.07) is 3.79. The largest absolute Gasteiger partial charge is 0.387 e. The Morgan fingerprint density at radius 3 is 2.75 bits per heavy atom. The molecule has 1 aromatic rings. The van der Waals surface area contributed by atoms with Crippen molar-refractivity contribution >= 4 is 23.1 Å². The van der Waals surface area contributed by atoms with E-state index in [9.17, 15) is 0 Å². The fourth-order valence-electron chi connectivity index (χ4n) is 1.35. The first kappa shape index (κ1) is 12.4. The van der Waals surface area contributed by atoms with E-state index in [0.717, 1.165) is 0 Å². The van der Waals surface area contributed by atoms with Gasteiger partial charge in [0.25, 0.3) is 0 Å². The van der Waals surface area contributed by atoms with Crippen LogP contribution in [0.2, 0.25) is 0 Å². The zero-order valence-electron chi connectivity index (χ0n) is 9.45. The van der Waals surface area contributed by atoms with Crippen LogP contribution in [0.1, 0.15) is 12.5 Å². The van der Waals surface area contributed by atoms with Crippen LogP contribution in [0.15, 0.2) is 11.1 Å². The van der Waals surface area contributed by atoms with Crippen LogP contribution in [0.4, 0.5) is 11.5 Å². The molecule has 0 fully saturated rings. The maximum absolute atomic E-state index is 9.11. The van der Waals surface area contributed by atoms with Gasteiger partial charge in [0, 0.05) is 20.2 Å². The molecule has 5 nitrogen and oxygen atoms in total. The van der Waals surface area contributed by atoms with E-state index in [2.05, 4.69) is 16.4 Å². The van der Waals surface area contributed by atoms with Crippen molar-refractivity contribution in [3.63, 3.8) is 0 Å². The average Bonchev–Trinajstić information content (AvgIpc) is 2.23. The lowest BCUT2D eigenvalue weighted by atomic mass is 10.2. The third kappa shape index (κ3) is 2.28. The van der Waals surface area contributed by atoms with E-state index >= 15 is 0 Å². The van der Waals surface area contributed by atoms with Gasteiger partial charge in [-0.05, 0) is 6.92 Å². The van der Waals surface area contributed by atoms with Crippen molar-refractivity contribution in [1.29, 1.82) is 5.26 Å². The van der Waals surface area contributed by atoms with E-state index in [4.69, 9.17) is 22.6 Å². The Hall–Kier alpha value is -1.67. The van der Waals surface area contributed by atoms with Gasteiger partial charge in [0.05, 0.1) is 5.69 Å². The highest BCUT2D eigenvalue weighted by Crippen LogP contribution is 2.13. The molecule has 0 aliphatic rings. The minimum absolute atomic E-state index is 0.412. The van der Waals surface area contributed by atoms with Gasteiger partial charge < -0.3 is 15.6 Å². The molecule has 1 aromatic heterocycles. The normalized spacial score (nSPS) is 13.3. The number of halogens is 1. The molecule has 0 aromatic carbocycles. The van der Waals surface area contributed by atoms with Crippen LogP contribution >= 0.6 is 11.6 Å². The Bertz CT molecular complexity index is 495. The number of hydrogen-bond acceptors (Lipinski definition) is 4. The molecule has 86 valence electrons. The molecule has 6 heteroatoms. The second kappa shape index (κ2) is 4.90. The van der Waals surface area contributed by atoms with E-state index in [1.54, 1.807) is 31.7 Å². The van der Waals surface area contributed by atoms with Gasteiger partial charge in [-0.15, -0.1) is 0 Å². The Labute approximate surface area is 99.2 Å². The maximum Gasteiger partial charge on any atom is 0.150 e. The smallest absolute Gasteiger partial charge is 0.150 e. The minimum Gasteiger partial charge on any atom is -0.387 e. The summed E-state index contributed by atoms with van der Waals surface area (Å²) in [5, 5.41) is 12.0. The number of pyridine rings is 1. The molecule has 0 aliphatic carbocycles. The van der Waals surface area contributed by atoms with Gasteiger partial charge in [-0.1, -0.05) is 11.6 Å². The van der Waals surface area contributed by atoms with Crippen LogP contribution in [0, 0.1) is 11.3 Å². The second-order valence-electron chi connectivity index (χ2n) is 3.31. The number of anilines is 2. The van der Waals surface area contributed by atoms with Gasteiger partial charge in [-0.2, -0.15) is 5.26 Å². The van der Waals surface area contributed by atoms with Crippen LogP contribution < -0.4 is 16.5 Å². The number of nitrogens with zero attached hydrogens (tertiary/aromatic N) is 3. The summed E-state index contributed by atoms with van der Waals surface area (Å²) in [4.78, 5) is 4.19. The van der Waals surface area contributed by atoms with Crippen LogP contribution in [-0.4, -0.2) is 17.1 Å². The van der Waals surface area contributed by atoms with Crippen molar-refractivity contribution < 1.29 is 0 Å². The number of aromatic nitrogens is 1. The summed E-state index contributed by atoms with van der Waals surface area (Å²) in [6.45, 7) is 1.73. The number of nitrogens with two attached hydrogens (primary N) is 1. The summed E-state index contributed by atoms with van der Waals surface area (Å²) in [6.07, 6.45) is 0. The molecule has 16 heavy (non-hydrogen) atoms. The van der Waals surface area contributed by atoms with Crippen molar-refractivity contribution in [1.82, 2.24) is 4.57 Å². The van der Waals surface area contributed by atoms with Crippen molar-refractivity contribution in [3.05, 3.63) is 17.1 Å². The monoisotopic (exact) mass is 239 g/mol. The molecule has 0 aliphatic heterocycles. The van der Waals surface area contributed by atoms with E-state index in [0.29, 0.717) is 22.6 Å². The first-order valence-corrected chi connectivity index (χ1v) is 5.20. The highest BCUT2D eigenvalue weighted by Gasteiger charge is 2.09. The van der Waals surface area contributed by atoms with Gasteiger partial charge >= 0.3 is 0 Å². The highest BCUT2D eigenvalue weighted by atomic mass is 35.5. The lowest BCUT2D eigenvalue weighted by molar-refractivity contribution is 0.803. The van der Waals surface area contributed by atoms with Gasteiger partial charge in [0.15, 0.2) is 5.49 Å². The molecule has 0 saturated heterocycles. The topological polar surface area (TPSA) is 79.1 Å². The Balaban J connectivity index is 3.69. The van der Waals surface area contributed by atoms with Crippen molar-refractivity contribution in [2.24, 2.45) is 12.0 Å². The first-order chi connectivity index (χ1) is 7.51. The number of hydrogen-bond donors (Lipinski definition) is 2. The first-order valence-electron chi connectivity index (χ1n) is 4.76. The molecule has 3 N–H and O–H groups in total. The lowest BCUT2D eigenvalue weighted by Gasteiger charge is -2.11. The van der Waals surface area contributed by atoms with E-state index in [-0.39, 0.29) is 0 Å². The number of nitriles is 1. The zero-order chi connectivity index (χ0) is 12.3. The predicted molar refractivity (Wildman–Crippen MR) is 65.0 cm³/mol. The number of alkyl halides is 1. The fourth-order valence-corrected chi connectivity index (χ4v) is 1.45. The molecule has 1 heterocycles. The molecular formula is C10H14ClN5. The summed E-state index contributed by atoms with van der Waals surface area (Å²) in [5.74, 6) is 0.513. The van der Waals surface area contributed by atoms with Crippen LogP contribution in [0.5, 0.6) is 0 Å². The predicted octanol–water partition coefficient (Wildman–Crippen LogP) is 1.01. The van der Waals surface area contributed by atoms with Crippen LogP contribution in [-0.2, 0) is 7.05 Å². The third-order valence-corrected chi connectivity index (χ3v) is 2.27. The van der Waals surface area contributed by atoms with Crippen molar-refractivity contribution in [2.45, 2.75) is 12.4 Å². The molecule has 0 radical (unpaired) electrons. The minimum atomic E-state index is -0.412. The van der Waals surface area contributed by atoms with Crippen LogP contribution in [0.3, 0.4) is 0 Å². The number of rotatable bonds is 2. The van der Waals surface area contributed by atoms with Crippen molar-refractivity contribution in [2.75, 3.05) is 18.1 Å². The summed E-state index contributed by atoms with van der Waals surface area (Å²) in [7, 11) is 3.47. The molecule has 0 bridgehead atoms. The molecule has 0 amide bonds.